The third kappa shape index (κ3) is 4.31. The highest BCUT2D eigenvalue weighted by molar-refractivity contribution is 6.03. The third-order valence-corrected chi connectivity index (χ3v) is 2.83. The van der Waals surface area contributed by atoms with E-state index in [9.17, 15) is 14.4 Å². The van der Waals surface area contributed by atoms with E-state index in [1.807, 2.05) is 0 Å². The highest BCUT2D eigenvalue weighted by atomic mass is 16.2. The van der Waals surface area contributed by atoms with Crippen LogP contribution in [0, 0.1) is 6.92 Å². The average molecular weight is 265 g/mol. The molecule has 1 rings (SSSR count). The molecule has 6 nitrogen and oxygen atoms in total. The second kappa shape index (κ2) is 6.82. The van der Waals surface area contributed by atoms with E-state index in [2.05, 4.69) is 9.97 Å². The molecule has 0 unspecified atom stereocenters. The molecule has 0 spiro atoms. The third-order valence-electron chi connectivity index (χ3n) is 2.83. The number of aryl methyl sites for hydroxylation is 1. The van der Waals surface area contributed by atoms with Crippen molar-refractivity contribution in [3.8, 4) is 0 Å². The summed E-state index contributed by atoms with van der Waals surface area (Å²) in [5.74, 6) is -0.558. The zero-order valence-corrected chi connectivity index (χ0v) is 11.5. The van der Waals surface area contributed by atoms with Crippen LogP contribution in [0.3, 0.4) is 0 Å². The Kier molecular flexibility index (Phi) is 5.41. The zero-order valence-electron chi connectivity index (χ0n) is 11.5. The highest BCUT2D eigenvalue weighted by Crippen LogP contribution is 2.08. The van der Waals surface area contributed by atoms with Crippen LogP contribution in [0.4, 0.5) is 0 Å². The van der Waals surface area contributed by atoms with E-state index in [4.69, 9.17) is 0 Å². The van der Waals surface area contributed by atoms with Gasteiger partial charge in [-0.3, -0.25) is 14.5 Å². The minimum Gasteiger partial charge on any atom is -0.340 e. The van der Waals surface area contributed by atoms with Crippen LogP contribution in [0.1, 0.15) is 49.3 Å². The molecule has 1 N–H and O–H groups in total. The monoisotopic (exact) mass is 265 g/mol. The Balaban J connectivity index is 2.63. The predicted octanol–water partition coefficient (Wildman–Crippen LogP) is 1.47. The maximum absolute atomic E-state index is 12.2. The second-order valence-corrected chi connectivity index (χ2v) is 4.50. The summed E-state index contributed by atoms with van der Waals surface area (Å²) in [6.07, 6.45) is 3.20. The molecule has 2 amide bonds. The molecule has 0 aliphatic carbocycles. The van der Waals surface area contributed by atoms with E-state index in [-0.39, 0.29) is 17.6 Å². The molecule has 19 heavy (non-hydrogen) atoms. The summed E-state index contributed by atoms with van der Waals surface area (Å²) < 4.78 is 0. The van der Waals surface area contributed by atoms with Gasteiger partial charge in [0, 0.05) is 19.9 Å². The fourth-order valence-corrected chi connectivity index (χ4v) is 1.76. The Labute approximate surface area is 112 Å². The molecule has 0 saturated carbocycles. The lowest BCUT2D eigenvalue weighted by atomic mass is 10.2. The lowest BCUT2D eigenvalue weighted by Gasteiger charge is -2.18. The van der Waals surface area contributed by atoms with Gasteiger partial charge in [-0.2, -0.15) is 0 Å². The first-order valence-electron chi connectivity index (χ1n) is 6.25. The van der Waals surface area contributed by atoms with E-state index in [1.165, 1.54) is 25.1 Å². The van der Waals surface area contributed by atoms with E-state index in [0.717, 1.165) is 0 Å². The molecule has 0 fully saturated rings. The Morgan fingerprint density at radius 3 is 2.42 bits per heavy atom. The molecular weight excluding hydrogens is 246 g/mol. The molecule has 1 aromatic rings. The maximum Gasteiger partial charge on any atom is 0.278 e. The lowest BCUT2D eigenvalue weighted by Crippen LogP contribution is -2.36. The normalized spacial score (nSPS) is 10.3. The molecule has 104 valence electrons. The molecule has 0 bridgehead atoms. The Morgan fingerprint density at radius 1 is 1.26 bits per heavy atom. The number of unbranched alkanes of at least 4 members (excludes halogenated alkanes) is 1. The molecule has 1 heterocycles. The molecular formula is C13H19N3O3. The quantitative estimate of drug-likeness (QED) is 0.789. The van der Waals surface area contributed by atoms with Crippen LogP contribution in [-0.4, -0.2) is 39.0 Å². The summed E-state index contributed by atoms with van der Waals surface area (Å²) >= 11 is 0. The van der Waals surface area contributed by atoms with Gasteiger partial charge in [0.1, 0.15) is 11.5 Å². The Morgan fingerprint density at radius 2 is 1.95 bits per heavy atom. The number of Topliss-reactive ketones (excluding diaryl/α,β-unsaturated/α-hetero) is 1. The van der Waals surface area contributed by atoms with Crippen LogP contribution >= 0.6 is 0 Å². The molecule has 0 radical (unpaired) electrons. The van der Waals surface area contributed by atoms with Gasteiger partial charge in [0.05, 0.1) is 12.0 Å². The van der Waals surface area contributed by atoms with Gasteiger partial charge in [0.25, 0.3) is 5.91 Å². The molecule has 0 aliphatic rings. The van der Waals surface area contributed by atoms with Crippen molar-refractivity contribution in [3.05, 3.63) is 17.7 Å². The van der Waals surface area contributed by atoms with E-state index < -0.39 is 0 Å². The topological polar surface area (TPSA) is 83.1 Å². The Hall–Kier alpha value is -1.98. The van der Waals surface area contributed by atoms with Crippen LogP contribution < -0.4 is 0 Å². The van der Waals surface area contributed by atoms with Gasteiger partial charge >= 0.3 is 0 Å². The minimum absolute atomic E-state index is 0.116. The van der Waals surface area contributed by atoms with Crippen molar-refractivity contribution >= 4 is 17.6 Å². The molecule has 0 atom stereocenters. The van der Waals surface area contributed by atoms with Gasteiger partial charge in [-0.1, -0.05) is 0 Å². The summed E-state index contributed by atoms with van der Waals surface area (Å²) in [4.78, 5) is 42.4. The van der Waals surface area contributed by atoms with Crippen molar-refractivity contribution in [3.63, 3.8) is 0 Å². The number of ketones is 1. The van der Waals surface area contributed by atoms with Crippen molar-refractivity contribution in [2.45, 2.75) is 40.0 Å². The summed E-state index contributed by atoms with van der Waals surface area (Å²) in [5.41, 5.74) is 0.904. The number of amides is 2. The van der Waals surface area contributed by atoms with Gasteiger partial charge in [0.15, 0.2) is 0 Å². The lowest BCUT2D eigenvalue weighted by molar-refractivity contribution is -0.126. The van der Waals surface area contributed by atoms with Gasteiger partial charge in [0.2, 0.25) is 5.91 Å². The van der Waals surface area contributed by atoms with Gasteiger partial charge in [-0.05, 0) is 26.7 Å². The minimum atomic E-state index is -0.370. The highest BCUT2D eigenvalue weighted by Gasteiger charge is 2.22. The number of aromatic amines is 1. The summed E-state index contributed by atoms with van der Waals surface area (Å²) in [6.45, 7) is 4.91. The molecule has 0 saturated heterocycles. The van der Waals surface area contributed by atoms with Gasteiger partial charge in [-0.15, -0.1) is 0 Å². The van der Waals surface area contributed by atoms with Crippen molar-refractivity contribution in [1.29, 1.82) is 0 Å². The number of carbonyl (C=O) groups is 3. The number of hydrogen-bond donors (Lipinski definition) is 1. The first kappa shape index (κ1) is 15.1. The van der Waals surface area contributed by atoms with Crippen LogP contribution in [0.25, 0.3) is 0 Å². The number of hydrogen-bond acceptors (Lipinski definition) is 4. The number of aromatic nitrogens is 2. The van der Waals surface area contributed by atoms with Crippen LogP contribution in [0.2, 0.25) is 0 Å². The number of nitrogens with one attached hydrogen (secondary N) is 1. The van der Waals surface area contributed by atoms with Crippen molar-refractivity contribution in [2.24, 2.45) is 0 Å². The second-order valence-electron chi connectivity index (χ2n) is 4.50. The average Bonchev–Trinajstić information content (AvgIpc) is 2.73. The van der Waals surface area contributed by atoms with Crippen LogP contribution in [0.5, 0.6) is 0 Å². The number of imidazole rings is 1. The number of nitrogens with zero attached hydrogens (tertiary/aromatic N) is 2. The number of imide groups is 1. The fraction of sp³-hybridized carbons (Fsp3) is 0.538. The Bertz CT molecular complexity index is 479. The van der Waals surface area contributed by atoms with Crippen molar-refractivity contribution in [1.82, 2.24) is 14.9 Å². The van der Waals surface area contributed by atoms with E-state index in [0.29, 0.717) is 37.2 Å². The fourth-order valence-electron chi connectivity index (χ4n) is 1.76. The molecule has 1 aromatic heterocycles. The molecule has 6 heteroatoms. The van der Waals surface area contributed by atoms with Crippen molar-refractivity contribution < 1.29 is 14.4 Å². The largest absolute Gasteiger partial charge is 0.340 e. The first-order valence-corrected chi connectivity index (χ1v) is 6.25. The van der Waals surface area contributed by atoms with Crippen LogP contribution in [-0.2, 0) is 9.59 Å². The molecule has 0 aliphatic heterocycles. The number of H-pyrrole nitrogens is 1. The first-order chi connectivity index (χ1) is 8.93. The van der Waals surface area contributed by atoms with E-state index >= 15 is 0 Å². The van der Waals surface area contributed by atoms with E-state index in [1.54, 1.807) is 6.92 Å². The number of carbonyl (C=O) groups excluding carboxylic acids is 3. The SMILES string of the molecule is CC(=O)CCCCN(C(C)=O)C(=O)c1[nH]cnc1C. The summed E-state index contributed by atoms with van der Waals surface area (Å²) in [5, 5.41) is 0. The standard InChI is InChI=1S/C13H19N3O3/c1-9(17)6-4-5-7-16(11(3)18)13(19)12-10(2)14-8-15-12/h8H,4-7H2,1-3H3,(H,14,15). The maximum atomic E-state index is 12.2. The molecule has 0 aromatic carbocycles. The zero-order chi connectivity index (χ0) is 14.4. The van der Waals surface area contributed by atoms with Crippen LogP contribution in [0.15, 0.2) is 6.33 Å². The predicted molar refractivity (Wildman–Crippen MR) is 69.6 cm³/mol. The van der Waals surface area contributed by atoms with Crippen molar-refractivity contribution in [2.75, 3.05) is 6.54 Å². The van der Waals surface area contributed by atoms with Gasteiger partial charge in [-0.25, -0.2) is 4.98 Å². The summed E-state index contributed by atoms with van der Waals surface area (Å²) in [7, 11) is 0. The summed E-state index contributed by atoms with van der Waals surface area (Å²) in [6, 6.07) is 0. The van der Waals surface area contributed by atoms with Gasteiger partial charge < -0.3 is 9.78 Å². The smallest absolute Gasteiger partial charge is 0.278 e. The number of rotatable bonds is 6.